The lowest BCUT2D eigenvalue weighted by molar-refractivity contribution is -0.123. The third-order valence-corrected chi connectivity index (χ3v) is 6.37. The molecule has 0 bridgehead atoms. The van der Waals surface area contributed by atoms with Gasteiger partial charge in [-0.15, -0.1) is 0 Å². The number of hydrogen-bond donors (Lipinski definition) is 2. The van der Waals surface area contributed by atoms with Crippen LogP contribution in [0.15, 0.2) is 77.4 Å². The molecule has 0 saturated carbocycles. The summed E-state index contributed by atoms with van der Waals surface area (Å²) in [5, 5.41) is 6.58. The number of rotatable bonds is 6. The van der Waals surface area contributed by atoms with Crippen molar-refractivity contribution >= 4 is 11.7 Å². The summed E-state index contributed by atoms with van der Waals surface area (Å²) in [6, 6.07) is 9.36. The predicted molar refractivity (Wildman–Crippen MR) is 120 cm³/mol. The number of nitrogens with one attached hydrogen (secondary N) is 2. The summed E-state index contributed by atoms with van der Waals surface area (Å²) in [5.41, 5.74) is 3.80. The van der Waals surface area contributed by atoms with E-state index in [1.54, 1.807) is 0 Å². The molecule has 30 heavy (non-hydrogen) atoms. The molecule has 156 valence electrons. The highest BCUT2D eigenvalue weighted by Gasteiger charge is 2.25. The second kappa shape index (κ2) is 9.40. The van der Waals surface area contributed by atoms with Crippen molar-refractivity contribution in [2.75, 3.05) is 13.1 Å². The van der Waals surface area contributed by atoms with Gasteiger partial charge in [-0.3, -0.25) is 9.59 Å². The molecule has 4 heteroatoms. The first-order valence-electron chi connectivity index (χ1n) is 11.0. The maximum Gasteiger partial charge on any atom is 0.227 e. The Morgan fingerprint density at radius 3 is 2.70 bits per heavy atom. The minimum absolute atomic E-state index is 0.0229. The Bertz CT molecular complexity index is 918. The van der Waals surface area contributed by atoms with Crippen LogP contribution in [0.25, 0.3) is 0 Å². The van der Waals surface area contributed by atoms with Gasteiger partial charge in [0.2, 0.25) is 5.91 Å². The number of Topliss-reactive ketones (excluding diaryl/α,β-unsaturated/α-hetero) is 1. The fourth-order valence-corrected chi connectivity index (χ4v) is 4.44. The average Bonchev–Trinajstić information content (AvgIpc) is 3.34. The molecule has 0 aromatic heterocycles. The van der Waals surface area contributed by atoms with Gasteiger partial charge in [0.25, 0.3) is 0 Å². The smallest absolute Gasteiger partial charge is 0.227 e. The molecule has 1 heterocycles. The quantitative estimate of drug-likeness (QED) is 0.704. The molecule has 0 radical (unpaired) electrons. The molecule has 4 nitrogen and oxygen atoms in total. The zero-order valence-electron chi connectivity index (χ0n) is 17.6. The molecular weight excluding hydrogens is 372 g/mol. The Morgan fingerprint density at radius 2 is 2.00 bits per heavy atom. The highest BCUT2D eigenvalue weighted by Crippen LogP contribution is 2.27. The molecule has 1 aliphatic heterocycles. The van der Waals surface area contributed by atoms with Gasteiger partial charge in [-0.25, -0.2) is 0 Å². The minimum atomic E-state index is -0.241. The average molecular weight is 403 g/mol. The van der Waals surface area contributed by atoms with Gasteiger partial charge in [0.15, 0.2) is 5.78 Å². The van der Waals surface area contributed by atoms with Crippen LogP contribution in [0.4, 0.5) is 0 Å². The molecule has 2 N–H and O–H groups in total. The molecule has 2 aliphatic carbocycles. The lowest BCUT2D eigenvalue weighted by Gasteiger charge is -2.24. The van der Waals surface area contributed by atoms with Gasteiger partial charge in [0.05, 0.1) is 12.0 Å². The Labute approximate surface area is 178 Å². The van der Waals surface area contributed by atoms with E-state index in [0.29, 0.717) is 17.1 Å². The van der Waals surface area contributed by atoms with Crippen molar-refractivity contribution in [1.82, 2.24) is 10.6 Å². The molecule has 1 fully saturated rings. The second-order valence-corrected chi connectivity index (χ2v) is 8.44. The lowest BCUT2D eigenvalue weighted by atomic mass is 9.87. The number of carbonyl (C=O) groups excluding carboxylic acids is 2. The second-order valence-electron chi connectivity index (χ2n) is 8.44. The van der Waals surface area contributed by atoms with Gasteiger partial charge in [-0.2, -0.15) is 0 Å². The van der Waals surface area contributed by atoms with Crippen molar-refractivity contribution in [2.45, 2.75) is 38.6 Å². The lowest BCUT2D eigenvalue weighted by Crippen LogP contribution is -2.38. The van der Waals surface area contributed by atoms with E-state index in [2.05, 4.69) is 28.9 Å². The summed E-state index contributed by atoms with van der Waals surface area (Å²) >= 11 is 0. The topological polar surface area (TPSA) is 58.2 Å². The first-order valence-corrected chi connectivity index (χ1v) is 11.0. The van der Waals surface area contributed by atoms with Gasteiger partial charge >= 0.3 is 0 Å². The molecule has 1 aromatic carbocycles. The van der Waals surface area contributed by atoms with E-state index < -0.39 is 0 Å². The van der Waals surface area contributed by atoms with Crippen molar-refractivity contribution in [3.63, 3.8) is 0 Å². The van der Waals surface area contributed by atoms with Crippen molar-refractivity contribution in [3.8, 4) is 0 Å². The van der Waals surface area contributed by atoms with Gasteiger partial charge < -0.3 is 10.6 Å². The minimum Gasteiger partial charge on any atom is -0.349 e. The maximum atomic E-state index is 12.9. The Morgan fingerprint density at radius 1 is 1.17 bits per heavy atom. The number of hydrogen-bond acceptors (Lipinski definition) is 3. The Hall–Kier alpha value is -2.72. The zero-order chi connectivity index (χ0) is 20.9. The SMILES string of the molecule is CC(C(=O)NC1C=CC(C2CCNC2)=CC1)C1=CC(C(=O)c2ccccc2)=CCC1. The fraction of sp³-hybridized carbons (Fsp3) is 0.385. The largest absolute Gasteiger partial charge is 0.349 e. The summed E-state index contributed by atoms with van der Waals surface area (Å²) in [5.74, 6) is 0.421. The number of amides is 1. The summed E-state index contributed by atoms with van der Waals surface area (Å²) in [4.78, 5) is 25.6. The Kier molecular flexibility index (Phi) is 6.44. The first kappa shape index (κ1) is 20.5. The number of allylic oxidation sites excluding steroid dienone is 4. The van der Waals surface area contributed by atoms with Gasteiger partial charge in [-0.1, -0.05) is 66.3 Å². The van der Waals surface area contributed by atoms with Crippen molar-refractivity contribution < 1.29 is 9.59 Å². The van der Waals surface area contributed by atoms with Gasteiger partial charge in [0, 0.05) is 17.7 Å². The molecular formula is C26H30N2O2. The van der Waals surface area contributed by atoms with Crippen LogP contribution in [-0.4, -0.2) is 30.8 Å². The summed E-state index contributed by atoms with van der Waals surface area (Å²) in [7, 11) is 0. The third kappa shape index (κ3) is 4.71. The highest BCUT2D eigenvalue weighted by molar-refractivity contribution is 6.10. The van der Waals surface area contributed by atoms with Gasteiger partial charge in [-0.05, 0) is 50.6 Å². The molecule has 1 saturated heterocycles. The van der Waals surface area contributed by atoms with Crippen LogP contribution in [0.5, 0.6) is 0 Å². The molecule has 1 aromatic rings. The molecule has 3 aliphatic rings. The third-order valence-electron chi connectivity index (χ3n) is 6.37. The van der Waals surface area contributed by atoms with Crippen LogP contribution in [0.2, 0.25) is 0 Å². The summed E-state index contributed by atoms with van der Waals surface area (Å²) < 4.78 is 0. The van der Waals surface area contributed by atoms with E-state index >= 15 is 0 Å². The number of benzene rings is 1. The fourth-order valence-electron chi connectivity index (χ4n) is 4.44. The van der Waals surface area contributed by atoms with Crippen LogP contribution in [0, 0.1) is 11.8 Å². The molecule has 3 atom stereocenters. The maximum absolute atomic E-state index is 12.9. The van der Waals surface area contributed by atoms with Crippen LogP contribution < -0.4 is 10.6 Å². The van der Waals surface area contributed by atoms with Crippen molar-refractivity contribution in [3.05, 3.63) is 83.0 Å². The Balaban J connectivity index is 1.36. The highest BCUT2D eigenvalue weighted by atomic mass is 16.2. The number of ketones is 1. The van der Waals surface area contributed by atoms with Crippen molar-refractivity contribution in [2.24, 2.45) is 11.8 Å². The van der Waals surface area contributed by atoms with E-state index in [9.17, 15) is 9.59 Å². The predicted octanol–water partition coefficient (Wildman–Crippen LogP) is 4.13. The normalized spacial score (nSPS) is 24.5. The van der Waals surface area contributed by atoms with Crippen molar-refractivity contribution in [1.29, 1.82) is 0 Å². The standard InChI is InChI=1S/C26H30N2O2/c1-18(21-8-5-9-22(16-21)25(29)20-6-3-2-4-7-20)26(30)28-24-12-10-19(11-13-24)23-14-15-27-17-23/h2-4,6-7,9-12,16,18,23-24,27H,5,8,13-15,17H2,1H3,(H,28,30). The van der Waals surface area contributed by atoms with Crippen LogP contribution in [0.1, 0.15) is 43.0 Å². The van der Waals surface area contributed by atoms with Crippen LogP contribution >= 0.6 is 0 Å². The molecule has 1 amide bonds. The van der Waals surface area contributed by atoms with E-state index in [1.807, 2.05) is 49.4 Å². The summed E-state index contributed by atoms with van der Waals surface area (Å²) in [6.45, 7) is 4.08. The van der Waals surface area contributed by atoms with E-state index in [4.69, 9.17) is 0 Å². The molecule has 3 unspecified atom stereocenters. The number of carbonyl (C=O) groups is 2. The zero-order valence-corrected chi connectivity index (χ0v) is 17.6. The monoisotopic (exact) mass is 402 g/mol. The molecule has 0 spiro atoms. The van der Waals surface area contributed by atoms with E-state index in [1.165, 1.54) is 12.0 Å². The summed E-state index contributed by atoms with van der Waals surface area (Å²) in [6.07, 6.45) is 14.1. The van der Waals surface area contributed by atoms with E-state index in [0.717, 1.165) is 37.9 Å². The molecule has 4 rings (SSSR count). The van der Waals surface area contributed by atoms with E-state index in [-0.39, 0.29) is 23.7 Å². The van der Waals surface area contributed by atoms with Crippen LogP contribution in [-0.2, 0) is 4.79 Å². The first-order chi connectivity index (χ1) is 14.6. The van der Waals surface area contributed by atoms with Gasteiger partial charge in [0.1, 0.15) is 0 Å². The van der Waals surface area contributed by atoms with Crippen LogP contribution in [0.3, 0.4) is 0 Å².